The van der Waals surface area contributed by atoms with E-state index in [2.05, 4.69) is 31.3 Å². The molecule has 1 N–H and O–H groups in total. The predicted molar refractivity (Wildman–Crippen MR) is 141 cm³/mol. The highest BCUT2D eigenvalue weighted by Gasteiger charge is 2.58. The fourth-order valence-electron chi connectivity index (χ4n) is 7.39. The van der Waals surface area contributed by atoms with Gasteiger partial charge in [0.05, 0.1) is 43.3 Å². The van der Waals surface area contributed by atoms with Crippen molar-refractivity contribution in [2.24, 2.45) is 11.8 Å². The maximum absolute atomic E-state index is 12.6. The number of amides is 1. The van der Waals surface area contributed by atoms with Gasteiger partial charge >= 0.3 is 0 Å². The lowest BCUT2D eigenvalue weighted by atomic mass is 9.78. The minimum atomic E-state index is -1.38. The van der Waals surface area contributed by atoms with Crippen molar-refractivity contribution in [3.63, 3.8) is 0 Å². The molecule has 0 radical (unpaired) electrons. The van der Waals surface area contributed by atoms with Crippen LogP contribution in [0.25, 0.3) is 10.8 Å². The molecule has 4 atom stereocenters. The van der Waals surface area contributed by atoms with E-state index in [0.717, 1.165) is 18.4 Å². The lowest BCUT2D eigenvalue weighted by Crippen LogP contribution is -2.73. The van der Waals surface area contributed by atoms with E-state index in [1.807, 2.05) is 19.1 Å². The SMILES string of the molecule is C[C@@H](O)[C@H]1C(=O)N2C(C(=O)[O-])=C(COc3cccc4c(CC[N+]56CC[N+](C)(CC5)CC6)cccc34)[C@H](C)[C@H]12. The Bertz CT molecular complexity index is 1310. The number of benzene rings is 2. The highest BCUT2D eigenvalue weighted by atomic mass is 16.5. The summed E-state index contributed by atoms with van der Waals surface area (Å²) in [5.41, 5.74) is 1.75. The number of aliphatic hydroxyl groups excluding tert-OH is 1. The Labute approximate surface area is 223 Å². The van der Waals surface area contributed by atoms with E-state index in [9.17, 15) is 19.8 Å². The second-order valence-corrected chi connectivity index (χ2v) is 12.2. The summed E-state index contributed by atoms with van der Waals surface area (Å²) in [7, 11) is 2.39. The molecule has 2 aromatic carbocycles. The molecular formula is C30H38N3O5+. The second kappa shape index (κ2) is 9.07. The molecule has 7 rings (SSSR count). The van der Waals surface area contributed by atoms with Crippen molar-refractivity contribution >= 4 is 22.6 Å². The number of quaternary nitrogens is 2. The molecule has 5 aliphatic rings. The summed E-state index contributed by atoms with van der Waals surface area (Å²) in [6.45, 7) is 12.3. The van der Waals surface area contributed by atoms with Gasteiger partial charge in [0.1, 0.15) is 51.6 Å². The molecule has 8 nitrogen and oxygen atoms in total. The first-order chi connectivity index (χ1) is 18.1. The summed E-state index contributed by atoms with van der Waals surface area (Å²) in [6, 6.07) is 12.0. The number of carboxylic acids is 1. The monoisotopic (exact) mass is 520 g/mol. The second-order valence-electron chi connectivity index (χ2n) is 12.2. The zero-order chi connectivity index (χ0) is 26.8. The van der Waals surface area contributed by atoms with Crippen LogP contribution in [-0.4, -0.2) is 102 Å². The van der Waals surface area contributed by atoms with Crippen molar-refractivity contribution in [3.05, 3.63) is 53.2 Å². The van der Waals surface area contributed by atoms with E-state index >= 15 is 0 Å². The van der Waals surface area contributed by atoms with Gasteiger partial charge in [0.15, 0.2) is 0 Å². The Morgan fingerprint density at radius 3 is 2.42 bits per heavy atom. The number of carbonyl (C=O) groups excluding carboxylic acids is 2. The first-order valence-electron chi connectivity index (χ1n) is 13.9. The molecule has 38 heavy (non-hydrogen) atoms. The van der Waals surface area contributed by atoms with Crippen LogP contribution in [-0.2, 0) is 16.0 Å². The first kappa shape index (κ1) is 25.3. The summed E-state index contributed by atoms with van der Waals surface area (Å²) in [5.74, 6) is -1.88. The predicted octanol–water partition coefficient (Wildman–Crippen LogP) is 0.913. The van der Waals surface area contributed by atoms with Gasteiger partial charge in [-0.25, -0.2) is 0 Å². The number of ether oxygens (including phenoxy) is 1. The van der Waals surface area contributed by atoms with Crippen LogP contribution in [0, 0.1) is 11.8 Å². The molecule has 0 saturated carbocycles. The Hall–Kier alpha value is -2.94. The minimum absolute atomic E-state index is 0.0532. The van der Waals surface area contributed by atoms with Gasteiger partial charge in [-0.3, -0.25) is 4.79 Å². The van der Waals surface area contributed by atoms with Gasteiger partial charge in [0.2, 0.25) is 5.91 Å². The quantitative estimate of drug-likeness (QED) is 0.413. The number of fused-ring (bicyclic) bond motifs is 5. The van der Waals surface area contributed by atoms with E-state index in [0.29, 0.717) is 11.3 Å². The number of hydrogen-bond acceptors (Lipinski definition) is 5. The maximum Gasteiger partial charge on any atom is 0.235 e. The Kier molecular flexibility index (Phi) is 6.05. The Balaban J connectivity index is 1.22. The van der Waals surface area contributed by atoms with Crippen LogP contribution in [0.4, 0.5) is 0 Å². The third kappa shape index (κ3) is 3.92. The molecule has 4 saturated heterocycles. The summed E-state index contributed by atoms with van der Waals surface area (Å²) in [6.07, 6.45) is 0.177. The van der Waals surface area contributed by atoms with Crippen molar-refractivity contribution in [3.8, 4) is 5.75 Å². The number of nitrogens with zero attached hydrogens (tertiary/aromatic N) is 3. The average molecular weight is 521 g/mol. The van der Waals surface area contributed by atoms with Crippen LogP contribution in [0.1, 0.15) is 19.4 Å². The van der Waals surface area contributed by atoms with Crippen LogP contribution in [0.15, 0.2) is 47.7 Å². The topological polar surface area (TPSA) is 89.9 Å². The Morgan fingerprint density at radius 1 is 1.11 bits per heavy atom. The van der Waals surface area contributed by atoms with E-state index < -0.39 is 18.0 Å². The minimum Gasteiger partial charge on any atom is -0.543 e. The zero-order valence-corrected chi connectivity index (χ0v) is 22.6. The molecule has 2 bridgehead atoms. The number of rotatable bonds is 8. The van der Waals surface area contributed by atoms with Gasteiger partial charge < -0.3 is 33.6 Å². The van der Waals surface area contributed by atoms with Crippen molar-refractivity contribution in [1.29, 1.82) is 0 Å². The van der Waals surface area contributed by atoms with Crippen molar-refractivity contribution in [2.75, 3.05) is 59.5 Å². The molecule has 5 aliphatic heterocycles. The number of hydrogen-bond donors (Lipinski definition) is 1. The number of aliphatic hydroxyl groups is 1. The summed E-state index contributed by atoms with van der Waals surface area (Å²) < 4.78 is 8.72. The van der Waals surface area contributed by atoms with Gasteiger partial charge in [-0.15, -0.1) is 0 Å². The molecule has 5 heterocycles. The van der Waals surface area contributed by atoms with Gasteiger partial charge in [0.25, 0.3) is 0 Å². The van der Waals surface area contributed by atoms with Crippen LogP contribution in [0.3, 0.4) is 0 Å². The van der Waals surface area contributed by atoms with Gasteiger partial charge in [-0.1, -0.05) is 37.3 Å². The molecular weight excluding hydrogens is 482 g/mol. The number of β-lactam (4-membered cyclic amide) rings is 1. The van der Waals surface area contributed by atoms with Crippen molar-refractivity contribution < 1.29 is 33.5 Å². The molecule has 0 aromatic heterocycles. The normalized spacial score (nSPS) is 32.9. The van der Waals surface area contributed by atoms with Crippen molar-refractivity contribution in [2.45, 2.75) is 32.4 Å². The molecule has 0 unspecified atom stereocenters. The largest absolute Gasteiger partial charge is 0.543 e. The van der Waals surface area contributed by atoms with E-state index in [1.165, 1.54) is 64.1 Å². The van der Waals surface area contributed by atoms with Crippen LogP contribution in [0.2, 0.25) is 0 Å². The standard InChI is InChI=1S/C30H38N3O5/c1-19-24(28(30(36)37)31-27(19)26(20(2)34)29(31)35)18-38-25-9-5-7-22-21(6-4-8-23(22)25)10-11-33-15-12-32(3,13-16-33)14-17-33/h4-9,19-20,26-27,34H,10-18H2,1-3H3/q+1/t19-,20+,26+,27+,32?,33?/m0/s1. The molecule has 0 aliphatic carbocycles. The number of aliphatic carboxylic acids is 1. The molecule has 4 fully saturated rings. The number of likely N-dealkylation sites (N-methyl/N-ethyl adjacent to an activating group) is 1. The molecule has 2 aromatic rings. The van der Waals surface area contributed by atoms with Crippen LogP contribution in [0.5, 0.6) is 5.75 Å². The number of piperazine rings is 3. The number of carbonyl (C=O) groups is 2. The van der Waals surface area contributed by atoms with Crippen LogP contribution < -0.4 is 9.84 Å². The first-order valence-corrected chi connectivity index (χ1v) is 13.9. The van der Waals surface area contributed by atoms with E-state index in [1.54, 1.807) is 6.92 Å². The highest BCUT2D eigenvalue weighted by molar-refractivity contribution is 5.99. The third-order valence-electron chi connectivity index (χ3n) is 10.1. The van der Waals surface area contributed by atoms with Crippen LogP contribution >= 0.6 is 0 Å². The lowest BCUT2D eigenvalue weighted by Gasteiger charge is -2.54. The third-order valence-corrected chi connectivity index (χ3v) is 10.1. The average Bonchev–Trinajstić information content (AvgIpc) is 3.14. The smallest absolute Gasteiger partial charge is 0.235 e. The van der Waals surface area contributed by atoms with E-state index in [-0.39, 0.29) is 30.2 Å². The number of carboxylic acid groups (broad SMARTS) is 1. The molecule has 1 amide bonds. The zero-order valence-electron chi connectivity index (χ0n) is 22.6. The molecule has 0 spiro atoms. The highest BCUT2D eigenvalue weighted by Crippen LogP contribution is 2.47. The molecule has 202 valence electrons. The van der Waals surface area contributed by atoms with Gasteiger partial charge in [0, 0.05) is 17.7 Å². The van der Waals surface area contributed by atoms with Crippen molar-refractivity contribution in [1.82, 2.24) is 4.90 Å². The summed E-state index contributed by atoms with van der Waals surface area (Å²) in [4.78, 5) is 25.9. The fraction of sp³-hybridized carbons (Fsp3) is 0.533. The van der Waals surface area contributed by atoms with E-state index in [4.69, 9.17) is 4.74 Å². The lowest BCUT2D eigenvalue weighted by molar-refractivity contribution is -1.07. The van der Waals surface area contributed by atoms with Gasteiger partial charge in [-0.05, 0) is 29.5 Å². The summed E-state index contributed by atoms with van der Waals surface area (Å²) >= 11 is 0. The molecule has 8 heteroatoms. The Morgan fingerprint density at radius 2 is 1.76 bits per heavy atom. The van der Waals surface area contributed by atoms with Gasteiger partial charge in [-0.2, -0.15) is 0 Å². The maximum atomic E-state index is 12.6. The fourth-order valence-corrected chi connectivity index (χ4v) is 7.39. The summed E-state index contributed by atoms with van der Waals surface area (Å²) in [5, 5.41) is 24.3.